The third-order valence-electron chi connectivity index (χ3n) is 10.8. The number of methoxy groups -OCH3 is 4. The quantitative estimate of drug-likeness (QED) is 0.121. The van der Waals surface area contributed by atoms with E-state index in [0.717, 1.165) is 70.1 Å². The number of aromatic amines is 2. The van der Waals surface area contributed by atoms with Gasteiger partial charge in [-0.25, -0.2) is 19.6 Å². The maximum atomic E-state index is 13.4. The van der Waals surface area contributed by atoms with Gasteiger partial charge in [-0.3, -0.25) is 9.59 Å². The molecule has 2 aliphatic rings. The Labute approximate surface area is 335 Å². The highest BCUT2D eigenvalue weighted by atomic mass is 16.5. The van der Waals surface area contributed by atoms with Crippen molar-refractivity contribution < 1.29 is 38.1 Å². The number of alkyl carbamates (subject to hydrolysis) is 2. The van der Waals surface area contributed by atoms with Crippen molar-refractivity contribution in [3.05, 3.63) is 84.7 Å². The van der Waals surface area contributed by atoms with Crippen molar-refractivity contribution in [1.29, 1.82) is 0 Å². The number of hydrogen-bond acceptors (Lipinski definition) is 10. The van der Waals surface area contributed by atoms with Crippen LogP contribution in [0.3, 0.4) is 0 Å². The zero-order valence-corrected chi connectivity index (χ0v) is 32.9. The summed E-state index contributed by atoms with van der Waals surface area (Å²) < 4.78 is 19.8. The van der Waals surface area contributed by atoms with Gasteiger partial charge >= 0.3 is 12.2 Å². The summed E-state index contributed by atoms with van der Waals surface area (Å²) in [5.41, 5.74) is 5.76. The van der Waals surface area contributed by atoms with Crippen molar-refractivity contribution in [3.63, 3.8) is 0 Å². The van der Waals surface area contributed by atoms with Crippen LogP contribution in [-0.4, -0.2) is 121 Å². The Bertz CT molecular complexity index is 2250. The fourth-order valence-electron chi connectivity index (χ4n) is 7.86. The van der Waals surface area contributed by atoms with Crippen LogP contribution in [0.5, 0.6) is 0 Å². The number of nitrogens with zero attached hydrogens (tertiary/aromatic N) is 4. The van der Waals surface area contributed by atoms with Gasteiger partial charge in [-0.05, 0) is 65.3 Å². The lowest BCUT2D eigenvalue weighted by Gasteiger charge is -2.27. The molecule has 4 N–H and O–H groups in total. The van der Waals surface area contributed by atoms with E-state index in [2.05, 4.69) is 91.2 Å². The molecule has 4 atom stereocenters. The molecule has 2 fully saturated rings. The lowest BCUT2D eigenvalue weighted by molar-refractivity contribution is -0.136. The molecule has 0 radical (unpaired) electrons. The molecule has 0 bridgehead atoms. The van der Waals surface area contributed by atoms with E-state index in [0.29, 0.717) is 24.7 Å². The first-order chi connectivity index (χ1) is 28.2. The first-order valence-electron chi connectivity index (χ1n) is 19.2. The van der Waals surface area contributed by atoms with E-state index >= 15 is 0 Å². The molecule has 3 aromatic carbocycles. The number of ether oxygens (including phenoxy) is 4. The molecule has 2 aromatic heterocycles. The Balaban J connectivity index is 1.02. The molecule has 5 aromatic rings. The number of amides is 4. The average molecular weight is 793 g/mol. The van der Waals surface area contributed by atoms with E-state index in [1.165, 1.54) is 28.4 Å². The van der Waals surface area contributed by atoms with Gasteiger partial charge in [-0.15, -0.1) is 0 Å². The van der Waals surface area contributed by atoms with E-state index in [1.54, 1.807) is 22.2 Å². The summed E-state index contributed by atoms with van der Waals surface area (Å²) in [6.07, 6.45) is 5.32. The third-order valence-corrected chi connectivity index (χ3v) is 10.8. The number of nitrogens with one attached hydrogen (secondary N) is 4. The molecular weight excluding hydrogens is 745 g/mol. The topological polar surface area (TPSA) is 193 Å². The van der Waals surface area contributed by atoms with Gasteiger partial charge in [-0.2, -0.15) is 0 Å². The Morgan fingerprint density at radius 3 is 1.55 bits per heavy atom. The van der Waals surface area contributed by atoms with E-state index in [9.17, 15) is 19.2 Å². The molecule has 4 amide bonds. The number of carbonyl (C=O) groups excluding carboxylic acids is 4. The molecule has 16 heteroatoms. The fraction of sp³-hybridized carbons (Fsp3) is 0.381. The van der Waals surface area contributed by atoms with Crippen LogP contribution in [0.25, 0.3) is 44.4 Å². The van der Waals surface area contributed by atoms with Gasteiger partial charge in [0.25, 0.3) is 0 Å². The van der Waals surface area contributed by atoms with E-state index in [-0.39, 0.29) is 37.1 Å². The first kappa shape index (κ1) is 40.0. The molecule has 4 heterocycles. The largest absolute Gasteiger partial charge is 0.453 e. The Morgan fingerprint density at radius 2 is 1.07 bits per heavy atom. The molecule has 7 rings (SSSR count). The Hall–Kier alpha value is -6.26. The molecular formula is C42H48N8O8. The lowest BCUT2D eigenvalue weighted by atomic mass is 9.98. The number of aromatic nitrogens is 4. The molecule has 2 aliphatic heterocycles. The summed E-state index contributed by atoms with van der Waals surface area (Å²) in [7, 11) is 5.47. The van der Waals surface area contributed by atoms with E-state index in [1.807, 2.05) is 0 Å². The number of fused-ring (bicyclic) bond motifs is 1. The van der Waals surface area contributed by atoms with Crippen molar-refractivity contribution in [2.75, 3.05) is 54.7 Å². The number of imidazole rings is 2. The van der Waals surface area contributed by atoms with E-state index < -0.39 is 24.3 Å². The molecule has 0 spiro atoms. The second-order valence-corrected chi connectivity index (χ2v) is 14.4. The molecule has 0 unspecified atom stereocenters. The smallest absolute Gasteiger partial charge is 0.407 e. The van der Waals surface area contributed by atoms with Crippen LogP contribution >= 0.6 is 0 Å². The summed E-state index contributed by atoms with van der Waals surface area (Å²) in [5, 5.41) is 7.31. The van der Waals surface area contributed by atoms with Gasteiger partial charge in [-0.1, -0.05) is 48.5 Å². The summed E-state index contributed by atoms with van der Waals surface area (Å²) in [6.45, 7) is 1.15. The van der Waals surface area contributed by atoms with Crippen molar-refractivity contribution in [2.24, 2.45) is 0 Å². The highest BCUT2D eigenvalue weighted by Gasteiger charge is 2.38. The first-order valence-corrected chi connectivity index (χ1v) is 19.2. The van der Waals surface area contributed by atoms with Crippen molar-refractivity contribution in [2.45, 2.75) is 49.9 Å². The normalized spacial score (nSPS) is 17.6. The summed E-state index contributed by atoms with van der Waals surface area (Å²) >= 11 is 0. The summed E-state index contributed by atoms with van der Waals surface area (Å²) in [4.78, 5) is 70.3. The van der Waals surface area contributed by atoms with Crippen LogP contribution in [0.15, 0.2) is 73.1 Å². The monoisotopic (exact) mass is 792 g/mol. The third kappa shape index (κ3) is 8.52. The number of likely N-dealkylation sites (tertiary alicyclic amines) is 2. The molecule has 0 saturated carbocycles. The molecule has 16 nitrogen and oxygen atoms in total. The fourth-order valence-corrected chi connectivity index (χ4v) is 7.86. The summed E-state index contributed by atoms with van der Waals surface area (Å²) in [6, 6.07) is 18.7. The number of rotatable bonds is 13. The van der Waals surface area contributed by atoms with Gasteiger partial charge in [0.2, 0.25) is 11.8 Å². The van der Waals surface area contributed by atoms with Gasteiger partial charge in [0, 0.05) is 32.9 Å². The predicted octanol–water partition coefficient (Wildman–Crippen LogP) is 5.36. The molecule has 58 heavy (non-hydrogen) atoms. The second kappa shape index (κ2) is 17.9. The van der Waals surface area contributed by atoms with Crippen LogP contribution < -0.4 is 10.6 Å². The van der Waals surface area contributed by atoms with Crippen LogP contribution in [0.4, 0.5) is 9.59 Å². The maximum Gasteiger partial charge on any atom is 0.407 e. The highest BCUT2D eigenvalue weighted by molar-refractivity contribution is 5.91. The number of carbonyl (C=O) groups is 4. The average Bonchev–Trinajstić information content (AvgIpc) is 4.10. The van der Waals surface area contributed by atoms with Crippen molar-refractivity contribution >= 4 is 34.8 Å². The zero-order chi connectivity index (χ0) is 40.8. The Kier molecular flexibility index (Phi) is 12.3. The minimum atomic E-state index is -0.866. The van der Waals surface area contributed by atoms with Gasteiger partial charge in [0.15, 0.2) is 0 Å². The standard InChI is InChI=1S/C42H48N8O8/c1-55-23-33(47-41(53)57-3)39(51)49-17-5-7-35(49)37-43-21-31(45-37)26-11-9-25(10-12-26)27-13-14-29-20-30(16-15-28(29)19-27)32-22-44-38(46-32)36-8-6-18-50(36)40(52)34(24-56-2)48-42(54)58-4/h9-16,19-22,33-36H,5-8,17-18,23-24H2,1-4H3,(H,43,45)(H,44,46)(H,47,53)(H,48,54)/t33-,34-,35-,36-/m0/s1. The van der Waals surface area contributed by atoms with Gasteiger partial charge < -0.3 is 49.3 Å². The van der Waals surface area contributed by atoms with Crippen LogP contribution in [-0.2, 0) is 28.5 Å². The zero-order valence-electron chi connectivity index (χ0n) is 32.9. The molecule has 2 saturated heterocycles. The molecule has 0 aliphatic carbocycles. The minimum absolute atomic E-state index is 0.0275. The second-order valence-electron chi connectivity index (χ2n) is 14.4. The maximum absolute atomic E-state index is 13.4. The SMILES string of the molecule is COC[C@H](NC(=O)OC)C(=O)N1CCC[C@H]1c1ncc(-c2ccc(-c3ccc4cc(-c5cnc([C@@H]6CCCN6C(=O)[C@H](COC)NC(=O)OC)[nH]5)ccc4c3)cc2)[nH]1. The Morgan fingerprint density at radius 1 is 0.638 bits per heavy atom. The van der Waals surface area contributed by atoms with Gasteiger partial charge in [0.05, 0.1) is 63.3 Å². The number of benzene rings is 3. The van der Waals surface area contributed by atoms with Crippen LogP contribution in [0.1, 0.15) is 49.4 Å². The predicted molar refractivity (Wildman–Crippen MR) is 214 cm³/mol. The van der Waals surface area contributed by atoms with Crippen molar-refractivity contribution in [3.8, 4) is 33.6 Å². The van der Waals surface area contributed by atoms with Crippen LogP contribution in [0.2, 0.25) is 0 Å². The highest BCUT2D eigenvalue weighted by Crippen LogP contribution is 2.35. The molecule has 304 valence electrons. The number of hydrogen-bond donors (Lipinski definition) is 4. The lowest BCUT2D eigenvalue weighted by Crippen LogP contribution is -2.50. The van der Waals surface area contributed by atoms with Crippen molar-refractivity contribution in [1.82, 2.24) is 40.4 Å². The van der Waals surface area contributed by atoms with Gasteiger partial charge in [0.1, 0.15) is 23.7 Å². The number of H-pyrrole nitrogens is 2. The minimum Gasteiger partial charge on any atom is -0.453 e. The van der Waals surface area contributed by atoms with Crippen LogP contribution in [0, 0.1) is 0 Å². The summed E-state index contributed by atoms with van der Waals surface area (Å²) in [5.74, 6) is 0.892. The van der Waals surface area contributed by atoms with E-state index in [4.69, 9.17) is 18.9 Å².